The molecule has 5 nitrogen and oxygen atoms in total. The average Bonchev–Trinajstić information content (AvgIpc) is 3.03. The third-order valence-electron chi connectivity index (χ3n) is 4.57. The third kappa shape index (κ3) is 4.26. The lowest BCUT2D eigenvalue weighted by Gasteiger charge is -2.40. The van der Waals surface area contributed by atoms with Crippen molar-refractivity contribution in [2.24, 2.45) is 0 Å². The van der Waals surface area contributed by atoms with Crippen molar-refractivity contribution >= 4 is 17.2 Å². The average molecular weight is 359 g/mol. The molecule has 1 aliphatic rings. The number of thiazole rings is 1. The van der Waals surface area contributed by atoms with E-state index in [1.165, 1.54) is 11.3 Å². The van der Waals surface area contributed by atoms with Crippen LogP contribution in [0, 0.1) is 6.92 Å². The van der Waals surface area contributed by atoms with Crippen LogP contribution in [0.2, 0.25) is 0 Å². The molecule has 1 saturated heterocycles. The number of aryl methyl sites for hydroxylation is 1. The molecule has 0 saturated carbocycles. The Labute approximate surface area is 153 Å². The van der Waals surface area contributed by atoms with E-state index in [4.69, 9.17) is 4.74 Å². The van der Waals surface area contributed by atoms with Crippen LogP contribution in [0.4, 0.5) is 0 Å². The van der Waals surface area contributed by atoms with Gasteiger partial charge >= 0.3 is 0 Å². The highest BCUT2D eigenvalue weighted by molar-refractivity contribution is 7.17. The number of nitrogens with one attached hydrogen (secondary N) is 1. The zero-order valence-electron chi connectivity index (χ0n) is 15.0. The normalized spacial score (nSPS) is 16.0. The van der Waals surface area contributed by atoms with Gasteiger partial charge in [0.1, 0.15) is 9.88 Å². The molecule has 3 rings (SSSR count). The van der Waals surface area contributed by atoms with Crippen molar-refractivity contribution in [3.05, 3.63) is 40.9 Å². The summed E-state index contributed by atoms with van der Waals surface area (Å²) in [6.07, 6.45) is 0. The molecule has 0 radical (unpaired) electrons. The lowest BCUT2D eigenvalue weighted by molar-refractivity contribution is -0.00922. The lowest BCUT2D eigenvalue weighted by atomic mass is 10.0. The van der Waals surface area contributed by atoms with Gasteiger partial charge in [0.15, 0.2) is 0 Å². The SMILES string of the molecule is Cc1nc(-c2ccccc2)sc1C(=O)NCC(C)(C)N1CCOCC1. The molecule has 2 heterocycles. The number of amides is 1. The summed E-state index contributed by atoms with van der Waals surface area (Å²) in [5, 5.41) is 3.98. The Hall–Kier alpha value is -1.76. The van der Waals surface area contributed by atoms with Gasteiger partial charge in [-0.05, 0) is 20.8 Å². The molecule has 1 fully saturated rings. The Kier molecular flexibility index (Phi) is 5.51. The number of hydrogen-bond donors (Lipinski definition) is 1. The molecule has 1 aliphatic heterocycles. The van der Waals surface area contributed by atoms with Gasteiger partial charge in [0.05, 0.1) is 18.9 Å². The van der Waals surface area contributed by atoms with Crippen LogP contribution in [-0.4, -0.2) is 54.2 Å². The topological polar surface area (TPSA) is 54.5 Å². The first-order valence-electron chi connectivity index (χ1n) is 8.61. The van der Waals surface area contributed by atoms with Crippen LogP contribution >= 0.6 is 11.3 Å². The Balaban J connectivity index is 1.66. The van der Waals surface area contributed by atoms with Gasteiger partial charge in [-0.3, -0.25) is 9.69 Å². The maximum Gasteiger partial charge on any atom is 0.263 e. The number of nitrogens with zero attached hydrogens (tertiary/aromatic N) is 2. The summed E-state index contributed by atoms with van der Waals surface area (Å²) in [7, 11) is 0. The standard InChI is InChI=1S/C19H25N3O2S/c1-14-16(25-18(21-14)15-7-5-4-6-8-15)17(23)20-13-19(2,3)22-9-11-24-12-10-22/h4-8H,9-13H2,1-3H3,(H,20,23). The molecule has 1 amide bonds. The predicted molar refractivity (Wildman–Crippen MR) is 101 cm³/mol. The number of aromatic nitrogens is 1. The molecule has 2 aromatic rings. The lowest BCUT2D eigenvalue weighted by Crippen LogP contribution is -2.55. The van der Waals surface area contributed by atoms with E-state index in [2.05, 4.69) is 29.0 Å². The van der Waals surface area contributed by atoms with Gasteiger partial charge in [-0.2, -0.15) is 0 Å². The zero-order chi connectivity index (χ0) is 17.9. The second kappa shape index (κ2) is 7.64. The first kappa shape index (κ1) is 18.0. The first-order chi connectivity index (χ1) is 12.0. The van der Waals surface area contributed by atoms with Crippen molar-refractivity contribution in [1.29, 1.82) is 0 Å². The second-order valence-corrected chi connectivity index (χ2v) is 7.89. The molecule has 0 bridgehead atoms. The van der Waals surface area contributed by atoms with Crippen molar-refractivity contribution in [3.8, 4) is 10.6 Å². The molecule has 0 aliphatic carbocycles. The molecule has 0 spiro atoms. The van der Waals surface area contributed by atoms with Gasteiger partial charge in [-0.1, -0.05) is 30.3 Å². The summed E-state index contributed by atoms with van der Waals surface area (Å²) in [6, 6.07) is 9.97. The van der Waals surface area contributed by atoms with Crippen LogP contribution < -0.4 is 5.32 Å². The van der Waals surface area contributed by atoms with Crippen molar-refractivity contribution in [2.75, 3.05) is 32.8 Å². The molecule has 6 heteroatoms. The van der Waals surface area contributed by atoms with E-state index in [0.29, 0.717) is 11.4 Å². The monoisotopic (exact) mass is 359 g/mol. The van der Waals surface area contributed by atoms with Gasteiger partial charge < -0.3 is 10.1 Å². The summed E-state index contributed by atoms with van der Waals surface area (Å²) in [5.41, 5.74) is 1.73. The van der Waals surface area contributed by atoms with Crippen LogP contribution in [0.25, 0.3) is 10.6 Å². The van der Waals surface area contributed by atoms with Crippen molar-refractivity contribution < 1.29 is 9.53 Å². The number of ether oxygens (including phenoxy) is 1. The highest BCUT2D eigenvalue weighted by Gasteiger charge is 2.29. The van der Waals surface area contributed by atoms with Crippen LogP contribution in [0.15, 0.2) is 30.3 Å². The number of benzene rings is 1. The van der Waals surface area contributed by atoms with Gasteiger partial charge in [-0.15, -0.1) is 11.3 Å². The Morgan fingerprint density at radius 2 is 1.96 bits per heavy atom. The van der Waals surface area contributed by atoms with E-state index in [-0.39, 0.29) is 11.4 Å². The van der Waals surface area contributed by atoms with E-state index in [0.717, 1.165) is 42.6 Å². The predicted octanol–water partition coefficient (Wildman–Crippen LogP) is 2.96. The minimum atomic E-state index is -0.0969. The first-order valence-corrected chi connectivity index (χ1v) is 9.43. The van der Waals surface area contributed by atoms with E-state index in [1.807, 2.05) is 37.3 Å². The summed E-state index contributed by atoms with van der Waals surface area (Å²) >= 11 is 1.45. The minimum absolute atomic E-state index is 0.0430. The van der Waals surface area contributed by atoms with E-state index in [9.17, 15) is 4.79 Å². The minimum Gasteiger partial charge on any atom is -0.379 e. The molecule has 1 aromatic carbocycles. The third-order valence-corrected chi connectivity index (χ3v) is 5.78. The number of carbonyl (C=O) groups excluding carboxylic acids is 1. The fourth-order valence-electron chi connectivity index (χ4n) is 2.97. The van der Waals surface area contributed by atoms with Crippen molar-refractivity contribution in [1.82, 2.24) is 15.2 Å². The Bertz CT molecular complexity index is 722. The zero-order valence-corrected chi connectivity index (χ0v) is 15.9. The fourth-order valence-corrected chi connectivity index (χ4v) is 3.96. The van der Waals surface area contributed by atoms with Gasteiger partial charge in [-0.25, -0.2) is 4.98 Å². The molecule has 25 heavy (non-hydrogen) atoms. The Morgan fingerprint density at radius 1 is 1.28 bits per heavy atom. The largest absolute Gasteiger partial charge is 0.379 e. The van der Waals surface area contributed by atoms with Crippen LogP contribution in [-0.2, 0) is 4.74 Å². The molecule has 0 atom stereocenters. The van der Waals surface area contributed by atoms with Gasteiger partial charge in [0.2, 0.25) is 0 Å². The number of rotatable bonds is 5. The number of hydrogen-bond acceptors (Lipinski definition) is 5. The summed E-state index contributed by atoms with van der Waals surface area (Å²) in [6.45, 7) is 10.1. The molecular formula is C19H25N3O2S. The summed E-state index contributed by atoms with van der Waals surface area (Å²) < 4.78 is 5.41. The summed E-state index contributed by atoms with van der Waals surface area (Å²) in [4.78, 5) is 20.3. The highest BCUT2D eigenvalue weighted by atomic mass is 32.1. The maximum absolute atomic E-state index is 12.7. The second-order valence-electron chi connectivity index (χ2n) is 6.89. The fraction of sp³-hybridized carbons (Fsp3) is 0.474. The van der Waals surface area contributed by atoms with E-state index >= 15 is 0 Å². The van der Waals surface area contributed by atoms with E-state index in [1.54, 1.807) is 0 Å². The smallest absolute Gasteiger partial charge is 0.263 e. The van der Waals surface area contributed by atoms with Crippen molar-refractivity contribution in [2.45, 2.75) is 26.3 Å². The summed E-state index contributed by atoms with van der Waals surface area (Å²) in [5.74, 6) is -0.0430. The van der Waals surface area contributed by atoms with Gasteiger partial charge in [0, 0.05) is 30.7 Å². The van der Waals surface area contributed by atoms with Crippen LogP contribution in [0.1, 0.15) is 29.2 Å². The van der Waals surface area contributed by atoms with E-state index < -0.39 is 0 Å². The van der Waals surface area contributed by atoms with Crippen LogP contribution in [0.3, 0.4) is 0 Å². The molecule has 1 N–H and O–H groups in total. The van der Waals surface area contributed by atoms with Crippen LogP contribution in [0.5, 0.6) is 0 Å². The maximum atomic E-state index is 12.7. The van der Waals surface area contributed by atoms with Gasteiger partial charge in [0.25, 0.3) is 5.91 Å². The number of carbonyl (C=O) groups is 1. The molecule has 0 unspecified atom stereocenters. The number of morpholine rings is 1. The molecular weight excluding hydrogens is 334 g/mol. The molecule has 1 aromatic heterocycles. The highest BCUT2D eigenvalue weighted by Crippen LogP contribution is 2.27. The Morgan fingerprint density at radius 3 is 2.64 bits per heavy atom. The van der Waals surface area contributed by atoms with Crippen molar-refractivity contribution in [3.63, 3.8) is 0 Å². The quantitative estimate of drug-likeness (QED) is 0.892. The molecule has 134 valence electrons.